The van der Waals surface area contributed by atoms with Crippen molar-refractivity contribution in [2.75, 3.05) is 0 Å². The van der Waals surface area contributed by atoms with E-state index in [4.69, 9.17) is 27.5 Å². The number of carboxylic acids is 1. The Morgan fingerprint density at radius 1 is 1.44 bits per heavy atom. The average molecular weight is 284 g/mol. The molecular weight excluding hydrogens is 275 g/mol. The van der Waals surface area contributed by atoms with Gasteiger partial charge in [0.25, 0.3) is 0 Å². The molecule has 0 aliphatic carbocycles. The van der Waals surface area contributed by atoms with Crippen molar-refractivity contribution in [2.45, 2.75) is 18.6 Å². The molecule has 1 atom stereocenters. The number of carbonyl (C=O) groups is 1. The minimum absolute atomic E-state index is 0.296. The molecule has 100 valence electrons. The molecule has 1 aromatic carbocycles. The minimum Gasteiger partial charge on any atom is -0.506 e. The fraction of sp³-hybridized carbons (Fsp3) is 0.300. The van der Waals surface area contributed by atoms with Crippen molar-refractivity contribution in [3.63, 3.8) is 0 Å². The summed E-state index contributed by atoms with van der Waals surface area (Å²) in [6, 6.07) is -0.166. The van der Waals surface area contributed by atoms with Crippen molar-refractivity contribution in [1.82, 2.24) is 0 Å². The average Bonchev–Trinajstić information content (AvgIpc) is 2.21. The maximum atomic E-state index is 12.7. The van der Waals surface area contributed by atoms with Gasteiger partial charge in [-0.2, -0.15) is 13.2 Å². The second-order valence-electron chi connectivity index (χ2n) is 3.61. The molecule has 18 heavy (non-hydrogen) atoms. The largest absolute Gasteiger partial charge is 0.506 e. The summed E-state index contributed by atoms with van der Waals surface area (Å²) in [5.41, 5.74) is 3.65. The molecular formula is C10H9ClF3NO3. The summed E-state index contributed by atoms with van der Waals surface area (Å²) in [5.74, 6) is -2.15. The lowest BCUT2D eigenvalue weighted by atomic mass is 10.00. The smallest absolute Gasteiger partial charge is 0.416 e. The summed E-state index contributed by atoms with van der Waals surface area (Å²) in [5, 5.41) is 17.4. The first kappa shape index (κ1) is 14.6. The molecule has 1 unspecified atom stereocenters. The lowest BCUT2D eigenvalue weighted by Crippen LogP contribution is -2.33. The molecule has 4 nitrogen and oxygen atoms in total. The maximum absolute atomic E-state index is 12.7. The molecule has 0 bridgehead atoms. The molecule has 0 aliphatic rings. The number of hydrogen-bond acceptors (Lipinski definition) is 3. The molecule has 1 rings (SSSR count). The van der Waals surface area contributed by atoms with Gasteiger partial charge in [-0.05, 0) is 24.1 Å². The van der Waals surface area contributed by atoms with Gasteiger partial charge in [-0.1, -0.05) is 11.6 Å². The van der Waals surface area contributed by atoms with E-state index in [0.29, 0.717) is 6.07 Å². The Morgan fingerprint density at radius 2 is 2.00 bits per heavy atom. The van der Waals surface area contributed by atoms with Crippen LogP contribution < -0.4 is 5.73 Å². The second kappa shape index (κ2) is 5.03. The van der Waals surface area contributed by atoms with Crippen molar-refractivity contribution in [3.05, 3.63) is 28.3 Å². The zero-order valence-electron chi connectivity index (χ0n) is 8.83. The first-order valence-corrected chi connectivity index (χ1v) is 5.07. The summed E-state index contributed by atoms with van der Waals surface area (Å²) < 4.78 is 38.0. The number of benzene rings is 1. The zero-order valence-corrected chi connectivity index (χ0v) is 9.59. The third kappa shape index (κ3) is 3.27. The molecule has 0 saturated heterocycles. The van der Waals surface area contributed by atoms with Crippen LogP contribution in [-0.2, 0) is 17.4 Å². The Labute approximate surface area is 105 Å². The summed E-state index contributed by atoms with van der Waals surface area (Å²) in [6.07, 6.45) is -5.26. The van der Waals surface area contributed by atoms with E-state index in [-0.39, 0.29) is 10.6 Å². The topological polar surface area (TPSA) is 83.5 Å². The predicted octanol–water partition coefficient (Wildman–Crippen LogP) is 2.02. The first-order valence-electron chi connectivity index (χ1n) is 4.70. The molecule has 0 spiro atoms. The number of phenols is 1. The van der Waals surface area contributed by atoms with E-state index >= 15 is 0 Å². The van der Waals surface area contributed by atoms with Crippen molar-refractivity contribution < 1.29 is 28.2 Å². The van der Waals surface area contributed by atoms with Gasteiger partial charge in [-0.25, -0.2) is 0 Å². The molecule has 8 heteroatoms. The van der Waals surface area contributed by atoms with E-state index in [1.807, 2.05) is 0 Å². The molecule has 0 heterocycles. The van der Waals surface area contributed by atoms with E-state index in [9.17, 15) is 18.0 Å². The lowest BCUT2D eigenvalue weighted by Gasteiger charge is -2.15. The van der Waals surface area contributed by atoms with E-state index in [1.54, 1.807) is 0 Å². The van der Waals surface area contributed by atoms with Gasteiger partial charge in [0, 0.05) is 0 Å². The number of hydrogen-bond donors (Lipinski definition) is 3. The van der Waals surface area contributed by atoms with Gasteiger partial charge in [0.1, 0.15) is 11.8 Å². The van der Waals surface area contributed by atoms with Crippen LogP contribution in [0.25, 0.3) is 0 Å². The maximum Gasteiger partial charge on any atom is 0.416 e. The molecule has 4 N–H and O–H groups in total. The van der Waals surface area contributed by atoms with Crippen molar-refractivity contribution in [2.24, 2.45) is 5.73 Å². The van der Waals surface area contributed by atoms with Crippen LogP contribution in [0.4, 0.5) is 13.2 Å². The summed E-state index contributed by atoms with van der Waals surface area (Å²) in [4.78, 5) is 10.5. The zero-order chi connectivity index (χ0) is 14.1. The number of alkyl halides is 3. The summed E-state index contributed by atoms with van der Waals surface area (Å²) in [6.45, 7) is 0. The molecule has 0 saturated carbocycles. The molecule has 0 aromatic heterocycles. The van der Waals surface area contributed by atoms with Gasteiger partial charge in [-0.3, -0.25) is 4.79 Å². The molecule has 0 amide bonds. The highest BCUT2D eigenvalue weighted by Gasteiger charge is 2.35. The Hall–Kier alpha value is -1.47. The summed E-state index contributed by atoms with van der Waals surface area (Å²) in [7, 11) is 0. The van der Waals surface area contributed by atoms with Crippen LogP contribution in [0.15, 0.2) is 12.1 Å². The normalized spacial score (nSPS) is 13.4. The highest BCUT2D eigenvalue weighted by atomic mass is 35.5. The van der Waals surface area contributed by atoms with Crippen LogP contribution in [0.1, 0.15) is 11.1 Å². The third-order valence-electron chi connectivity index (χ3n) is 2.24. The van der Waals surface area contributed by atoms with E-state index < -0.39 is 35.9 Å². The Kier molecular flexibility index (Phi) is 4.08. The van der Waals surface area contributed by atoms with E-state index in [2.05, 4.69) is 0 Å². The fourth-order valence-corrected chi connectivity index (χ4v) is 1.55. The van der Waals surface area contributed by atoms with Gasteiger partial charge in [0.15, 0.2) is 0 Å². The number of carboxylic acid groups (broad SMARTS) is 1. The van der Waals surface area contributed by atoms with Gasteiger partial charge < -0.3 is 15.9 Å². The Balaban J connectivity index is 3.24. The quantitative estimate of drug-likeness (QED) is 0.792. The van der Waals surface area contributed by atoms with Crippen molar-refractivity contribution in [3.8, 4) is 5.75 Å². The second-order valence-corrected chi connectivity index (χ2v) is 4.01. The van der Waals surface area contributed by atoms with Crippen LogP contribution in [-0.4, -0.2) is 22.2 Å². The standard InChI is InChI=1S/C10H9ClF3NO3/c11-6-1-4(2-7(15)9(17)18)5(3-8(6)16)10(12,13)14/h1,3,7,16H,2,15H2,(H,17,18). The van der Waals surface area contributed by atoms with Crippen molar-refractivity contribution >= 4 is 17.6 Å². The Morgan fingerprint density at radius 3 is 2.44 bits per heavy atom. The van der Waals surface area contributed by atoms with E-state index in [1.165, 1.54) is 0 Å². The van der Waals surface area contributed by atoms with Crippen LogP contribution in [0.3, 0.4) is 0 Å². The van der Waals surface area contributed by atoms with Crippen LogP contribution in [0.2, 0.25) is 5.02 Å². The number of aromatic hydroxyl groups is 1. The van der Waals surface area contributed by atoms with Crippen LogP contribution in [0.5, 0.6) is 5.75 Å². The Bertz CT molecular complexity index is 476. The molecule has 0 radical (unpaired) electrons. The minimum atomic E-state index is -4.73. The molecule has 0 aliphatic heterocycles. The monoisotopic (exact) mass is 283 g/mol. The highest BCUT2D eigenvalue weighted by Crippen LogP contribution is 2.37. The van der Waals surface area contributed by atoms with Gasteiger partial charge in [0.2, 0.25) is 0 Å². The van der Waals surface area contributed by atoms with E-state index in [0.717, 1.165) is 6.07 Å². The highest BCUT2D eigenvalue weighted by molar-refractivity contribution is 6.32. The van der Waals surface area contributed by atoms with Crippen LogP contribution >= 0.6 is 11.6 Å². The number of aliphatic carboxylic acids is 1. The third-order valence-corrected chi connectivity index (χ3v) is 2.54. The van der Waals surface area contributed by atoms with Crippen LogP contribution in [0, 0.1) is 0 Å². The number of nitrogens with two attached hydrogens (primary N) is 1. The van der Waals surface area contributed by atoms with Gasteiger partial charge in [-0.15, -0.1) is 0 Å². The fourth-order valence-electron chi connectivity index (χ4n) is 1.36. The number of phenolic OH excluding ortho intramolecular Hbond substituents is 1. The number of halogens is 4. The van der Waals surface area contributed by atoms with Gasteiger partial charge in [0.05, 0.1) is 10.6 Å². The summed E-state index contributed by atoms with van der Waals surface area (Å²) >= 11 is 5.49. The molecule has 0 fully saturated rings. The predicted molar refractivity (Wildman–Crippen MR) is 57.4 cm³/mol. The van der Waals surface area contributed by atoms with Gasteiger partial charge >= 0.3 is 12.1 Å². The SMILES string of the molecule is NC(Cc1cc(Cl)c(O)cc1C(F)(F)F)C(=O)O. The van der Waals surface area contributed by atoms with Crippen molar-refractivity contribution in [1.29, 1.82) is 0 Å². The first-order chi connectivity index (χ1) is 8.12. The number of rotatable bonds is 3. The lowest BCUT2D eigenvalue weighted by molar-refractivity contribution is -0.140. The molecule has 1 aromatic rings.